The maximum Gasteiger partial charge on any atom is 0.480 e. The molecule has 0 spiro atoms. The Morgan fingerprint density at radius 2 is 1.61 bits per heavy atom. The van der Waals surface area contributed by atoms with Crippen molar-refractivity contribution in [2.75, 3.05) is 13.2 Å². The summed E-state index contributed by atoms with van der Waals surface area (Å²) in [6.45, 7) is 5.31. The second-order valence-corrected chi connectivity index (χ2v) is 8.84. The number of halogens is 3. The molecule has 0 fully saturated rings. The number of hydrogen-bond donors (Lipinski definition) is 0. The fraction of sp³-hybridized carbons (Fsp3) is 0.400. The van der Waals surface area contributed by atoms with Gasteiger partial charge >= 0.3 is 11.5 Å². The molecule has 1 aromatic carbocycles. The van der Waals surface area contributed by atoms with Crippen molar-refractivity contribution < 1.29 is 44.3 Å². The first-order valence-corrected chi connectivity index (χ1v) is 10.5. The molecule has 0 aromatic heterocycles. The van der Waals surface area contributed by atoms with E-state index < -0.39 is 36.4 Å². The van der Waals surface area contributed by atoms with Crippen molar-refractivity contribution in [1.29, 1.82) is 0 Å². The van der Waals surface area contributed by atoms with Crippen LogP contribution in [0.3, 0.4) is 0 Å². The normalized spacial score (nSPS) is 12.4. The Balaban J connectivity index is 2.55. The van der Waals surface area contributed by atoms with Gasteiger partial charge in [0.05, 0.1) is 13.2 Å². The summed E-state index contributed by atoms with van der Waals surface area (Å²) < 4.78 is 94.1. The molecule has 0 aliphatic rings. The van der Waals surface area contributed by atoms with E-state index in [1.807, 2.05) is 4.13 Å². The van der Waals surface area contributed by atoms with Gasteiger partial charge in [0.2, 0.25) is 0 Å². The molecule has 0 aliphatic heterocycles. The number of carbonyl (C=O) groups is 1. The number of hydrogen-bond acceptors (Lipinski definition) is 7. The van der Waals surface area contributed by atoms with Crippen LogP contribution in [0.2, 0.25) is 0 Å². The number of nitrogens with zero attached hydrogens (tertiary/aromatic N) is 1. The van der Waals surface area contributed by atoms with Crippen molar-refractivity contribution in [2.24, 2.45) is 0 Å². The van der Waals surface area contributed by atoms with Crippen molar-refractivity contribution >= 4 is 26.0 Å². The molecule has 1 aromatic rings. The highest BCUT2D eigenvalue weighted by atomic mass is 32.3. The molecule has 0 unspecified atom stereocenters. The first kappa shape index (κ1) is 23.9. The average molecular weight is 444 g/mol. The number of carbonyl (C=O) groups excluding carboxylic acids is 1. The van der Waals surface area contributed by atoms with Crippen LogP contribution in [-0.2, 0) is 29.6 Å². The molecular weight excluding hydrogens is 427 g/mol. The summed E-state index contributed by atoms with van der Waals surface area (Å²) in [6.07, 6.45) is 1.00. The van der Waals surface area contributed by atoms with Crippen LogP contribution >= 0.6 is 0 Å². The van der Waals surface area contributed by atoms with Crippen LogP contribution in [0, 0.1) is 0 Å². The van der Waals surface area contributed by atoms with Gasteiger partial charge in [0.25, 0.3) is 0 Å². The Hall–Kier alpha value is -2.12. The fourth-order valence-corrected chi connectivity index (χ4v) is 3.80. The zero-order valence-corrected chi connectivity index (χ0v) is 16.2. The van der Waals surface area contributed by atoms with Gasteiger partial charge in [-0.1, -0.05) is 6.58 Å². The topological polar surface area (TPSA) is 118 Å². The van der Waals surface area contributed by atoms with Gasteiger partial charge in [-0.15, -0.1) is 0 Å². The Bertz CT molecular complexity index is 908. The van der Waals surface area contributed by atoms with Crippen LogP contribution in [0.4, 0.5) is 13.2 Å². The fourth-order valence-electron chi connectivity index (χ4n) is 1.60. The van der Waals surface area contributed by atoms with E-state index >= 15 is 0 Å². The van der Waals surface area contributed by atoms with Crippen LogP contribution < -0.4 is 4.74 Å². The molecule has 8 nitrogen and oxygen atoms in total. The van der Waals surface area contributed by atoms with E-state index in [1.54, 1.807) is 0 Å². The third kappa shape index (κ3) is 7.13. The molecule has 13 heteroatoms. The number of unbranched alkanes of at least 4 members (excludes halogenated alkanes) is 1. The second kappa shape index (κ2) is 9.39. The Morgan fingerprint density at radius 1 is 1.07 bits per heavy atom. The highest BCUT2D eigenvalue weighted by Crippen LogP contribution is 2.32. The summed E-state index contributed by atoms with van der Waals surface area (Å²) in [5, 5.41) is 0. The van der Waals surface area contributed by atoms with E-state index in [-0.39, 0.29) is 24.5 Å². The molecule has 0 saturated carbocycles. The maximum absolute atomic E-state index is 12.3. The van der Waals surface area contributed by atoms with Crippen LogP contribution in [0.15, 0.2) is 41.3 Å². The first-order chi connectivity index (χ1) is 12.8. The number of alkyl halides is 3. The number of ether oxygens (including phenoxy) is 2. The highest BCUT2D eigenvalue weighted by Gasteiger charge is 2.40. The number of sulfonamides is 2. The van der Waals surface area contributed by atoms with Crippen molar-refractivity contribution in [3.8, 4) is 5.75 Å². The minimum atomic E-state index is -6.18. The Kier molecular flexibility index (Phi) is 8.02. The van der Waals surface area contributed by atoms with E-state index in [0.717, 1.165) is 24.3 Å². The third-order valence-corrected chi connectivity index (χ3v) is 6.02. The molecule has 0 heterocycles. The van der Waals surface area contributed by atoms with Gasteiger partial charge in [0, 0.05) is 10.5 Å². The van der Waals surface area contributed by atoms with Crippen molar-refractivity contribution in [3.63, 3.8) is 0 Å². The van der Waals surface area contributed by atoms with Gasteiger partial charge < -0.3 is 13.6 Å². The van der Waals surface area contributed by atoms with Crippen molar-refractivity contribution in [3.05, 3.63) is 40.5 Å². The molecule has 0 aliphatic carbocycles. The molecule has 1 rings (SSSR count). The summed E-state index contributed by atoms with van der Waals surface area (Å²) in [6, 6.07) is 4.02. The lowest BCUT2D eigenvalue weighted by Gasteiger charge is -2.22. The summed E-state index contributed by atoms with van der Waals surface area (Å²) in [7, 11) is -11.2. The van der Waals surface area contributed by atoms with Gasteiger partial charge in [0.15, 0.2) is 10.0 Å². The second-order valence-electron chi connectivity index (χ2n) is 5.41. The van der Waals surface area contributed by atoms with Gasteiger partial charge in [-0.05, 0) is 44.0 Å². The third-order valence-electron chi connectivity index (χ3n) is 3.00. The largest absolute Gasteiger partial charge is 0.494 e. The lowest BCUT2D eigenvalue weighted by Crippen LogP contribution is -2.24. The molecule has 0 amide bonds. The molecule has 158 valence electrons. The standard InChI is InChI=1S/C15H17F3NO7S2/c1-11(2)14(20)26-10-4-3-9-25-12-5-7-13(8-6-12)27(21,22)19-28(23,24)15(16,17)18/h5-8H,1,3-4,9-10H2,2H3/q-1. The first-order valence-electron chi connectivity index (χ1n) is 7.62. The Morgan fingerprint density at radius 3 is 2.11 bits per heavy atom. The van der Waals surface area contributed by atoms with E-state index in [1.165, 1.54) is 6.92 Å². The summed E-state index contributed by atoms with van der Waals surface area (Å²) in [5.74, 6) is -0.299. The zero-order chi connectivity index (χ0) is 21.6. The number of rotatable bonds is 10. The Labute approximate surface area is 160 Å². The van der Waals surface area contributed by atoms with E-state index in [2.05, 4.69) is 6.58 Å². The lowest BCUT2D eigenvalue weighted by atomic mass is 10.3. The summed E-state index contributed by atoms with van der Waals surface area (Å²) >= 11 is 0. The molecule has 0 bridgehead atoms. The SMILES string of the molecule is C=C(C)C(=O)OCCCCOc1ccc(S(=O)(=O)[N-]S(=O)(=O)C(F)(F)F)cc1. The number of benzene rings is 1. The molecule has 0 atom stereocenters. The van der Waals surface area contributed by atoms with E-state index in [9.17, 15) is 34.8 Å². The van der Waals surface area contributed by atoms with Crippen LogP contribution in [0.5, 0.6) is 5.75 Å². The molecule has 0 N–H and O–H groups in total. The molecule has 28 heavy (non-hydrogen) atoms. The maximum atomic E-state index is 12.3. The van der Waals surface area contributed by atoms with Crippen LogP contribution in [0.1, 0.15) is 19.8 Å². The molecular formula is C15H17F3NO7S2-. The minimum absolute atomic E-state index is 0.168. The molecule has 0 saturated heterocycles. The number of esters is 1. The van der Waals surface area contributed by atoms with Crippen LogP contribution in [0.25, 0.3) is 4.13 Å². The van der Waals surface area contributed by atoms with Crippen LogP contribution in [-0.4, -0.2) is 41.5 Å². The van der Waals surface area contributed by atoms with Crippen molar-refractivity contribution in [2.45, 2.75) is 30.2 Å². The zero-order valence-electron chi connectivity index (χ0n) is 14.6. The van der Waals surface area contributed by atoms with Crippen molar-refractivity contribution in [1.82, 2.24) is 0 Å². The minimum Gasteiger partial charge on any atom is -0.494 e. The smallest absolute Gasteiger partial charge is 0.480 e. The molecule has 0 radical (unpaired) electrons. The van der Waals surface area contributed by atoms with Gasteiger partial charge in [-0.2, -0.15) is 13.2 Å². The van der Waals surface area contributed by atoms with Gasteiger partial charge in [0.1, 0.15) is 15.8 Å². The van der Waals surface area contributed by atoms with E-state index in [0.29, 0.717) is 12.8 Å². The monoisotopic (exact) mass is 444 g/mol. The van der Waals surface area contributed by atoms with Gasteiger partial charge in [-0.3, -0.25) is 0 Å². The van der Waals surface area contributed by atoms with E-state index in [4.69, 9.17) is 9.47 Å². The quantitative estimate of drug-likeness (QED) is 0.309. The predicted octanol–water partition coefficient (Wildman–Crippen LogP) is 2.88. The van der Waals surface area contributed by atoms with Gasteiger partial charge in [-0.25, -0.2) is 21.6 Å². The summed E-state index contributed by atoms with van der Waals surface area (Å²) in [4.78, 5) is 10.4. The predicted molar refractivity (Wildman–Crippen MR) is 92.5 cm³/mol. The average Bonchev–Trinajstić information content (AvgIpc) is 2.56. The highest BCUT2D eigenvalue weighted by molar-refractivity contribution is 8.12. The summed E-state index contributed by atoms with van der Waals surface area (Å²) in [5.41, 5.74) is -5.54. The lowest BCUT2D eigenvalue weighted by molar-refractivity contribution is -0.139.